The van der Waals surface area contributed by atoms with Crippen LogP contribution in [0.5, 0.6) is 0 Å². The van der Waals surface area contributed by atoms with Gasteiger partial charge in [-0.25, -0.2) is 17.9 Å². The highest BCUT2D eigenvalue weighted by atomic mass is 32.2. The summed E-state index contributed by atoms with van der Waals surface area (Å²) in [5.74, 6) is -0.487. The number of ether oxygens (including phenoxy) is 1. The predicted octanol–water partition coefficient (Wildman–Crippen LogP) is 1.14. The second-order valence-electron chi connectivity index (χ2n) is 5.90. The van der Waals surface area contributed by atoms with Gasteiger partial charge in [0, 0.05) is 6.54 Å². The molecule has 2 N–H and O–H groups in total. The normalized spacial score (nSPS) is 17.9. The summed E-state index contributed by atoms with van der Waals surface area (Å²) < 4.78 is 31.9. The Morgan fingerprint density at radius 2 is 1.86 bits per heavy atom. The number of carbonyl (C=O) groups is 1. The third-order valence-corrected chi connectivity index (χ3v) is 5.50. The van der Waals surface area contributed by atoms with Gasteiger partial charge in [-0.3, -0.25) is 0 Å². The molecule has 0 radical (unpaired) electrons. The number of methoxy groups -OCH3 is 1. The SMILES string of the molecule is COC(=O)c1ccc(S(=O)(=O)NCC2(C)CCNCC2)cc1. The van der Waals surface area contributed by atoms with Gasteiger partial charge in [0.2, 0.25) is 10.0 Å². The molecule has 0 atom stereocenters. The van der Waals surface area contributed by atoms with Crippen molar-refractivity contribution in [1.29, 1.82) is 0 Å². The van der Waals surface area contributed by atoms with Crippen LogP contribution in [0.1, 0.15) is 30.1 Å². The lowest BCUT2D eigenvalue weighted by Crippen LogP contribution is -2.42. The molecule has 6 nitrogen and oxygen atoms in total. The number of hydrogen-bond donors (Lipinski definition) is 2. The van der Waals surface area contributed by atoms with Gasteiger partial charge < -0.3 is 10.1 Å². The molecule has 7 heteroatoms. The molecule has 1 aliphatic heterocycles. The van der Waals surface area contributed by atoms with Gasteiger partial charge >= 0.3 is 5.97 Å². The van der Waals surface area contributed by atoms with E-state index in [1.807, 2.05) is 0 Å². The summed E-state index contributed by atoms with van der Waals surface area (Å²) >= 11 is 0. The first-order valence-electron chi connectivity index (χ1n) is 7.25. The number of hydrogen-bond acceptors (Lipinski definition) is 5. The molecular formula is C15H22N2O4S. The largest absolute Gasteiger partial charge is 0.465 e. The zero-order chi connectivity index (χ0) is 16.2. The Morgan fingerprint density at radius 3 is 2.41 bits per heavy atom. The van der Waals surface area contributed by atoms with Crippen LogP contribution < -0.4 is 10.0 Å². The highest BCUT2D eigenvalue weighted by molar-refractivity contribution is 7.89. The van der Waals surface area contributed by atoms with Crippen molar-refractivity contribution in [2.24, 2.45) is 5.41 Å². The first-order valence-corrected chi connectivity index (χ1v) is 8.73. The van der Waals surface area contributed by atoms with Crippen LogP contribution in [-0.2, 0) is 14.8 Å². The zero-order valence-corrected chi connectivity index (χ0v) is 13.7. The van der Waals surface area contributed by atoms with Gasteiger partial charge in [0.25, 0.3) is 0 Å². The molecule has 22 heavy (non-hydrogen) atoms. The summed E-state index contributed by atoms with van der Waals surface area (Å²) in [6.45, 7) is 4.32. The lowest BCUT2D eigenvalue weighted by molar-refractivity contribution is 0.0600. The van der Waals surface area contributed by atoms with Crippen LogP contribution >= 0.6 is 0 Å². The van der Waals surface area contributed by atoms with Crippen LogP contribution in [0.3, 0.4) is 0 Å². The van der Waals surface area contributed by atoms with E-state index in [1.165, 1.54) is 31.4 Å². The van der Waals surface area contributed by atoms with Gasteiger partial charge in [-0.2, -0.15) is 0 Å². The first kappa shape index (κ1) is 16.9. The van der Waals surface area contributed by atoms with E-state index >= 15 is 0 Å². The van der Waals surface area contributed by atoms with Crippen molar-refractivity contribution in [3.05, 3.63) is 29.8 Å². The van der Waals surface area contributed by atoms with Crippen molar-refractivity contribution in [3.63, 3.8) is 0 Å². The second kappa shape index (κ2) is 6.76. The first-order chi connectivity index (χ1) is 10.4. The van der Waals surface area contributed by atoms with Gasteiger partial charge in [-0.15, -0.1) is 0 Å². The van der Waals surface area contributed by atoms with E-state index in [-0.39, 0.29) is 10.3 Å². The third kappa shape index (κ3) is 4.06. The molecule has 0 spiro atoms. The van der Waals surface area contributed by atoms with Crippen LogP contribution in [0.4, 0.5) is 0 Å². The molecule has 0 unspecified atom stereocenters. The Bertz CT molecular complexity index is 619. The smallest absolute Gasteiger partial charge is 0.337 e. The molecular weight excluding hydrogens is 304 g/mol. The summed E-state index contributed by atoms with van der Waals surface area (Å²) in [7, 11) is -2.28. The van der Waals surface area contributed by atoms with Crippen molar-refractivity contribution in [3.8, 4) is 0 Å². The molecule has 0 amide bonds. The van der Waals surface area contributed by atoms with Crippen LogP contribution in [0.2, 0.25) is 0 Å². The fourth-order valence-corrected chi connectivity index (χ4v) is 3.65. The molecule has 2 rings (SSSR count). The minimum Gasteiger partial charge on any atom is -0.465 e. The Morgan fingerprint density at radius 1 is 1.27 bits per heavy atom. The quantitative estimate of drug-likeness (QED) is 0.793. The van der Waals surface area contributed by atoms with E-state index in [0.717, 1.165) is 25.9 Å². The topological polar surface area (TPSA) is 84.5 Å². The highest BCUT2D eigenvalue weighted by Gasteiger charge is 2.28. The third-order valence-electron chi connectivity index (χ3n) is 4.09. The van der Waals surface area contributed by atoms with Crippen LogP contribution in [0.15, 0.2) is 29.2 Å². The van der Waals surface area contributed by atoms with E-state index in [4.69, 9.17) is 0 Å². The summed E-state index contributed by atoms with van der Waals surface area (Å²) in [5, 5.41) is 3.27. The highest BCUT2D eigenvalue weighted by Crippen LogP contribution is 2.27. The number of sulfonamides is 1. The Labute approximate surface area is 131 Å². The fourth-order valence-electron chi connectivity index (χ4n) is 2.45. The predicted molar refractivity (Wildman–Crippen MR) is 83.2 cm³/mol. The lowest BCUT2D eigenvalue weighted by Gasteiger charge is -2.34. The van der Waals surface area contributed by atoms with Crippen LogP contribution in [-0.4, -0.2) is 41.1 Å². The van der Waals surface area contributed by atoms with Crippen LogP contribution in [0.25, 0.3) is 0 Å². The van der Waals surface area contributed by atoms with Crippen LogP contribution in [0, 0.1) is 5.41 Å². The van der Waals surface area contributed by atoms with E-state index in [9.17, 15) is 13.2 Å². The Balaban J connectivity index is 2.05. The van der Waals surface area contributed by atoms with Crippen molar-refractivity contribution in [1.82, 2.24) is 10.0 Å². The lowest BCUT2D eigenvalue weighted by atomic mass is 9.81. The monoisotopic (exact) mass is 326 g/mol. The number of rotatable bonds is 5. The Kier molecular flexibility index (Phi) is 5.20. The van der Waals surface area contributed by atoms with E-state index < -0.39 is 16.0 Å². The maximum absolute atomic E-state index is 12.3. The minimum atomic E-state index is -3.57. The maximum Gasteiger partial charge on any atom is 0.337 e. The van der Waals surface area contributed by atoms with Gasteiger partial charge in [0.05, 0.1) is 17.6 Å². The number of benzene rings is 1. The number of esters is 1. The zero-order valence-electron chi connectivity index (χ0n) is 12.9. The molecule has 1 heterocycles. The molecule has 1 saturated heterocycles. The number of carbonyl (C=O) groups excluding carboxylic acids is 1. The molecule has 1 aliphatic rings. The molecule has 0 aliphatic carbocycles. The van der Waals surface area contributed by atoms with Gasteiger partial charge in [0.15, 0.2) is 0 Å². The fraction of sp³-hybridized carbons (Fsp3) is 0.533. The van der Waals surface area contributed by atoms with Crippen molar-refractivity contribution in [2.45, 2.75) is 24.7 Å². The summed E-state index contributed by atoms with van der Waals surface area (Å²) in [6.07, 6.45) is 1.88. The minimum absolute atomic E-state index is 0.0235. The van der Waals surface area contributed by atoms with E-state index in [1.54, 1.807) is 0 Å². The molecule has 1 fully saturated rings. The molecule has 0 saturated carbocycles. The standard InChI is InChI=1S/C15H22N2O4S/c1-15(7-9-16-10-8-15)11-17-22(19,20)13-5-3-12(4-6-13)14(18)21-2/h3-6,16-17H,7-11H2,1-2H3. The van der Waals surface area contributed by atoms with Gasteiger partial charge in [-0.1, -0.05) is 6.92 Å². The molecule has 1 aromatic carbocycles. The Hall–Kier alpha value is -1.44. The summed E-state index contributed by atoms with van der Waals surface area (Å²) in [5.41, 5.74) is 0.302. The maximum atomic E-state index is 12.3. The molecule has 122 valence electrons. The van der Waals surface area contributed by atoms with Crippen molar-refractivity contribution >= 4 is 16.0 Å². The molecule has 0 aromatic heterocycles. The average molecular weight is 326 g/mol. The number of nitrogens with one attached hydrogen (secondary N) is 2. The summed E-state index contributed by atoms with van der Waals surface area (Å²) in [6, 6.07) is 5.73. The van der Waals surface area contributed by atoms with Crippen molar-refractivity contribution in [2.75, 3.05) is 26.7 Å². The van der Waals surface area contributed by atoms with E-state index in [0.29, 0.717) is 12.1 Å². The second-order valence-corrected chi connectivity index (χ2v) is 7.67. The summed E-state index contributed by atoms with van der Waals surface area (Å²) in [4.78, 5) is 11.5. The number of piperidine rings is 1. The van der Waals surface area contributed by atoms with Crippen molar-refractivity contribution < 1.29 is 17.9 Å². The average Bonchev–Trinajstić information content (AvgIpc) is 2.53. The van der Waals surface area contributed by atoms with Gasteiger partial charge in [0.1, 0.15) is 0 Å². The molecule has 1 aromatic rings. The van der Waals surface area contributed by atoms with E-state index in [2.05, 4.69) is 21.7 Å². The molecule has 0 bridgehead atoms. The van der Waals surface area contributed by atoms with Gasteiger partial charge in [-0.05, 0) is 55.6 Å².